The van der Waals surface area contributed by atoms with Gasteiger partial charge in [0.15, 0.2) is 0 Å². The molecule has 0 bridgehead atoms. The van der Waals surface area contributed by atoms with Crippen molar-refractivity contribution in [3.63, 3.8) is 0 Å². The van der Waals surface area contributed by atoms with Gasteiger partial charge in [0.2, 0.25) is 11.8 Å². The van der Waals surface area contributed by atoms with Crippen LogP contribution in [-0.2, 0) is 20.8 Å². The zero-order valence-corrected chi connectivity index (χ0v) is 18.1. The smallest absolute Gasteiger partial charge is 0.242 e. The second-order valence-electron chi connectivity index (χ2n) is 7.57. The summed E-state index contributed by atoms with van der Waals surface area (Å²) in [7, 11) is 1.53. The van der Waals surface area contributed by atoms with E-state index in [-0.39, 0.29) is 24.8 Å². The fourth-order valence-corrected chi connectivity index (χ4v) is 4.76. The zero-order chi connectivity index (χ0) is 22.7. The van der Waals surface area contributed by atoms with Crippen molar-refractivity contribution in [3.05, 3.63) is 72.3 Å². The number of amides is 2. The highest BCUT2D eigenvalue weighted by atomic mass is 32.2. The number of nitrogens with zero attached hydrogens (tertiary/aromatic N) is 2. The topological polar surface area (TPSA) is 57.7 Å². The summed E-state index contributed by atoms with van der Waals surface area (Å²) in [4.78, 5) is 41.7. The van der Waals surface area contributed by atoms with E-state index in [9.17, 15) is 14.4 Å². The number of carbonyl (C=O) groups excluding carboxylic acids is 3. The Kier molecular flexibility index (Phi) is 5.98. The maximum Gasteiger partial charge on any atom is 0.242 e. The third-order valence-corrected chi connectivity index (χ3v) is 6.63. The highest BCUT2D eigenvalue weighted by Crippen LogP contribution is 2.34. The van der Waals surface area contributed by atoms with E-state index < -0.39 is 12.3 Å². The lowest BCUT2D eigenvalue weighted by molar-refractivity contribution is -0.134. The largest absolute Gasteiger partial charge is 0.334 e. The summed E-state index contributed by atoms with van der Waals surface area (Å²) in [5, 5.41) is 2.13. The molecule has 1 aliphatic rings. The van der Waals surface area contributed by atoms with Gasteiger partial charge in [-0.3, -0.25) is 9.59 Å². The van der Waals surface area contributed by atoms with E-state index >= 15 is 0 Å². The molecule has 6 heteroatoms. The van der Waals surface area contributed by atoms with Crippen LogP contribution in [0, 0.1) is 0 Å². The van der Waals surface area contributed by atoms with E-state index in [0.717, 1.165) is 21.2 Å². The lowest BCUT2D eigenvalue weighted by atomic mass is 10.0. The van der Waals surface area contributed by atoms with Crippen molar-refractivity contribution < 1.29 is 15.8 Å². The number of thioether (sulfide) groups is 1. The molecule has 0 unspecified atom stereocenters. The van der Waals surface area contributed by atoms with Crippen molar-refractivity contribution in [2.24, 2.45) is 0 Å². The van der Waals surface area contributed by atoms with Crippen molar-refractivity contribution in [2.75, 3.05) is 24.2 Å². The number of carbonyl (C=O) groups is 3. The van der Waals surface area contributed by atoms with E-state index in [1.165, 1.54) is 16.8 Å². The molecule has 0 fully saturated rings. The SMILES string of the molecule is [2H]C(=O)[C@@H](Cc1ccc2ccccc2c1)N(C)C(=O)CN1C(=O)CCSc2ccccc21. The molecule has 0 aromatic heterocycles. The summed E-state index contributed by atoms with van der Waals surface area (Å²) in [6, 6.07) is 20.4. The number of fused-ring (bicyclic) bond motifs is 2. The summed E-state index contributed by atoms with van der Waals surface area (Å²) in [5.74, 6) is 0.172. The quantitative estimate of drug-likeness (QED) is 0.553. The average Bonchev–Trinajstić information content (AvgIpc) is 2.95. The first-order valence-electron chi connectivity index (χ1n) is 10.7. The van der Waals surface area contributed by atoms with Crippen molar-refractivity contribution >= 4 is 46.3 Å². The van der Waals surface area contributed by atoms with Crippen molar-refractivity contribution in [1.29, 1.82) is 0 Å². The molecular formula is C25H24N2O3S. The second-order valence-corrected chi connectivity index (χ2v) is 8.71. The summed E-state index contributed by atoms with van der Waals surface area (Å²) >= 11 is 1.59. The molecule has 0 N–H and O–H groups in total. The van der Waals surface area contributed by atoms with Crippen LogP contribution >= 0.6 is 11.8 Å². The van der Waals surface area contributed by atoms with Gasteiger partial charge < -0.3 is 14.6 Å². The highest BCUT2D eigenvalue weighted by molar-refractivity contribution is 7.99. The lowest BCUT2D eigenvalue weighted by Crippen LogP contribution is -2.46. The van der Waals surface area contributed by atoms with Gasteiger partial charge in [-0.05, 0) is 34.9 Å². The lowest BCUT2D eigenvalue weighted by Gasteiger charge is -2.28. The third-order valence-electron chi connectivity index (χ3n) is 5.56. The predicted octanol–water partition coefficient (Wildman–Crippen LogP) is 3.94. The molecule has 1 atom stereocenters. The first kappa shape index (κ1) is 19.8. The minimum Gasteiger partial charge on any atom is -0.334 e. The van der Waals surface area contributed by atoms with E-state index in [1.54, 1.807) is 11.8 Å². The van der Waals surface area contributed by atoms with Crippen LogP contribution in [-0.4, -0.2) is 48.4 Å². The second kappa shape index (κ2) is 9.35. The molecule has 0 saturated carbocycles. The molecule has 0 aliphatic carbocycles. The van der Waals surface area contributed by atoms with Gasteiger partial charge in [-0.15, -0.1) is 11.8 Å². The van der Waals surface area contributed by atoms with Crippen LogP contribution in [0.15, 0.2) is 71.6 Å². The molecule has 1 aliphatic heterocycles. The standard InChI is InChI=1S/C25H24N2O3S/c1-26(21(17-28)15-18-10-11-19-6-2-3-7-20(19)14-18)25(30)16-27-22-8-4-5-9-23(22)31-13-12-24(27)29/h2-11,14,17,21H,12-13,15-16H2,1H3/t21-/m1/s1/i17D. The van der Waals surface area contributed by atoms with Crippen LogP contribution in [0.5, 0.6) is 0 Å². The van der Waals surface area contributed by atoms with Crippen LogP contribution in [0.1, 0.15) is 13.4 Å². The number of hydrogen-bond acceptors (Lipinski definition) is 4. The van der Waals surface area contributed by atoms with Gasteiger partial charge in [-0.1, -0.05) is 54.6 Å². The summed E-state index contributed by atoms with van der Waals surface area (Å²) in [6.45, 7) is -0.158. The number of aldehydes is 1. The van der Waals surface area contributed by atoms with Crippen molar-refractivity contribution in [2.45, 2.75) is 23.8 Å². The average molecular weight is 434 g/mol. The molecule has 4 rings (SSSR count). The Labute approximate surface area is 187 Å². The van der Waals surface area contributed by atoms with Gasteiger partial charge in [-0.25, -0.2) is 0 Å². The van der Waals surface area contributed by atoms with Gasteiger partial charge >= 0.3 is 0 Å². The molecule has 0 saturated heterocycles. The number of likely N-dealkylation sites (N-methyl/N-ethyl adjacent to an activating group) is 1. The first-order chi connectivity index (χ1) is 15.4. The van der Waals surface area contributed by atoms with Gasteiger partial charge in [0, 0.05) is 24.1 Å². The Morgan fingerprint density at radius 1 is 1.16 bits per heavy atom. The van der Waals surface area contributed by atoms with Crippen LogP contribution in [0.4, 0.5) is 5.69 Å². The maximum absolute atomic E-state index is 13.1. The molecule has 31 heavy (non-hydrogen) atoms. The molecule has 3 aromatic rings. The van der Waals surface area contributed by atoms with E-state index in [2.05, 4.69) is 0 Å². The zero-order valence-electron chi connectivity index (χ0n) is 18.3. The van der Waals surface area contributed by atoms with E-state index in [1.807, 2.05) is 66.7 Å². The summed E-state index contributed by atoms with van der Waals surface area (Å²) in [6.07, 6.45) is -0.239. The van der Waals surface area contributed by atoms with E-state index in [4.69, 9.17) is 1.37 Å². The Hall–Kier alpha value is -3.12. The molecule has 158 valence electrons. The number of anilines is 1. The molecular weight excluding hydrogens is 408 g/mol. The molecule has 5 nitrogen and oxygen atoms in total. The number of rotatable bonds is 6. The third kappa shape index (κ3) is 4.64. The molecule has 2 amide bonds. The Morgan fingerprint density at radius 3 is 2.71 bits per heavy atom. The monoisotopic (exact) mass is 433 g/mol. The first-order valence-corrected chi connectivity index (χ1v) is 11.2. The van der Waals surface area contributed by atoms with Crippen LogP contribution in [0.3, 0.4) is 0 Å². The number of benzene rings is 3. The van der Waals surface area contributed by atoms with Crippen molar-refractivity contribution in [3.8, 4) is 0 Å². The maximum atomic E-state index is 13.1. The van der Waals surface area contributed by atoms with Crippen LogP contribution in [0.25, 0.3) is 10.8 Å². The number of hydrogen-bond donors (Lipinski definition) is 0. The Morgan fingerprint density at radius 2 is 1.90 bits per heavy atom. The van der Waals surface area contributed by atoms with Gasteiger partial charge in [0.1, 0.15) is 14.2 Å². The highest BCUT2D eigenvalue weighted by Gasteiger charge is 2.28. The van der Waals surface area contributed by atoms with Gasteiger partial charge in [0.25, 0.3) is 0 Å². The molecule has 0 spiro atoms. The van der Waals surface area contributed by atoms with Gasteiger partial charge in [0.05, 0.1) is 11.7 Å². The van der Waals surface area contributed by atoms with Crippen molar-refractivity contribution in [1.82, 2.24) is 4.90 Å². The Balaban J connectivity index is 1.54. The molecule has 0 radical (unpaired) electrons. The molecule has 3 aromatic carbocycles. The van der Waals surface area contributed by atoms with E-state index in [0.29, 0.717) is 17.9 Å². The predicted molar refractivity (Wildman–Crippen MR) is 124 cm³/mol. The number of para-hydroxylation sites is 1. The van der Waals surface area contributed by atoms with Crippen LogP contribution < -0.4 is 4.90 Å². The minimum absolute atomic E-state index is 0.118. The fourth-order valence-electron chi connectivity index (χ4n) is 3.76. The summed E-state index contributed by atoms with van der Waals surface area (Å²) in [5.41, 5.74) is 1.59. The summed E-state index contributed by atoms with van der Waals surface area (Å²) < 4.78 is 7.77. The van der Waals surface area contributed by atoms with Crippen LogP contribution in [0.2, 0.25) is 0 Å². The minimum atomic E-state index is -0.921. The van der Waals surface area contributed by atoms with Gasteiger partial charge in [-0.2, -0.15) is 0 Å². The molecule has 1 heterocycles. The fraction of sp³-hybridized carbons (Fsp3) is 0.240. The normalized spacial score (nSPS) is 15.1. The Bertz CT molecular complexity index is 1180.